The van der Waals surface area contributed by atoms with Gasteiger partial charge < -0.3 is 13.6 Å². The zero-order valence-corrected chi connectivity index (χ0v) is 13.9. The molecule has 1 heterocycles. The number of rotatable bonds is 7. The molecule has 0 bridgehead atoms. The van der Waals surface area contributed by atoms with Crippen LogP contribution in [0.2, 0.25) is 0 Å². The van der Waals surface area contributed by atoms with Crippen molar-refractivity contribution in [2.75, 3.05) is 48.4 Å². The molecule has 1 aromatic heterocycles. The third kappa shape index (κ3) is 5.14. The summed E-state index contributed by atoms with van der Waals surface area (Å²) in [6.45, 7) is 1.14. The van der Waals surface area contributed by atoms with Crippen LogP contribution in [0.5, 0.6) is 0 Å². The van der Waals surface area contributed by atoms with Crippen LogP contribution in [0.1, 0.15) is 17.0 Å². The molecule has 0 spiro atoms. The Kier molecular flexibility index (Phi) is 5.54. The molecule has 7 nitrogen and oxygen atoms in total. The van der Waals surface area contributed by atoms with Crippen LogP contribution in [0.4, 0.5) is 0 Å². The summed E-state index contributed by atoms with van der Waals surface area (Å²) in [5.74, 6) is -0.766. The number of carbonyl (C=O) groups excluding carboxylic acids is 1. The van der Waals surface area contributed by atoms with Crippen molar-refractivity contribution in [3.05, 3.63) is 17.9 Å². The second-order valence-corrected chi connectivity index (χ2v) is 7.99. The monoisotopic (exact) mass is 319 g/mol. The van der Waals surface area contributed by atoms with Crippen LogP contribution in [-0.4, -0.2) is 71.6 Å². The number of hydrogen-bond acceptors (Lipinski definition) is 5. The lowest BCUT2D eigenvalue weighted by molar-refractivity contribution is -0.870. The highest BCUT2D eigenvalue weighted by Crippen LogP contribution is 2.17. The number of carbonyl (C=O) groups is 1. The van der Waals surface area contributed by atoms with E-state index in [1.807, 2.05) is 21.1 Å². The Morgan fingerprint density at radius 1 is 1.29 bits per heavy atom. The summed E-state index contributed by atoms with van der Waals surface area (Å²) in [7, 11) is 5.25. The first kappa shape index (κ1) is 17.7. The van der Waals surface area contributed by atoms with Gasteiger partial charge in [0.1, 0.15) is 0 Å². The van der Waals surface area contributed by atoms with E-state index in [0.29, 0.717) is 0 Å². The van der Waals surface area contributed by atoms with E-state index in [4.69, 9.17) is 9.15 Å². The van der Waals surface area contributed by atoms with Crippen molar-refractivity contribution >= 4 is 16.0 Å². The Hall–Kier alpha value is -1.38. The van der Waals surface area contributed by atoms with Gasteiger partial charge in [0.15, 0.2) is 0 Å². The standard InChI is InChI=1S/C13H23N2O5S/c1-14(2)21(17,18)12-8-7-11(20-12)13(16)19-10-6-9-15(3,4)5/h7-8H,6,9-10H2,1-5H3/q+1. The smallest absolute Gasteiger partial charge is 0.374 e. The van der Waals surface area contributed by atoms with E-state index in [9.17, 15) is 13.2 Å². The number of nitrogens with zero attached hydrogens (tertiary/aromatic N) is 2. The predicted molar refractivity (Wildman–Crippen MR) is 77.4 cm³/mol. The highest BCUT2D eigenvalue weighted by Gasteiger charge is 2.24. The molecule has 0 aliphatic carbocycles. The average Bonchev–Trinajstić information content (AvgIpc) is 2.83. The number of sulfonamides is 1. The molecule has 0 saturated carbocycles. The first-order valence-electron chi connectivity index (χ1n) is 6.54. The number of esters is 1. The lowest BCUT2D eigenvalue weighted by atomic mass is 10.4. The third-order valence-electron chi connectivity index (χ3n) is 2.72. The molecule has 0 fully saturated rings. The Bertz CT molecular complexity index is 584. The van der Waals surface area contributed by atoms with Gasteiger partial charge in [-0.25, -0.2) is 17.5 Å². The molecule has 1 rings (SSSR count). The summed E-state index contributed by atoms with van der Waals surface area (Å²) in [4.78, 5) is 11.7. The van der Waals surface area contributed by atoms with Gasteiger partial charge in [0.05, 0.1) is 34.3 Å². The molecule has 120 valence electrons. The van der Waals surface area contributed by atoms with Gasteiger partial charge in [0, 0.05) is 20.5 Å². The molecule has 0 saturated heterocycles. The van der Waals surface area contributed by atoms with E-state index in [0.717, 1.165) is 21.8 Å². The maximum atomic E-state index is 11.8. The maximum Gasteiger partial charge on any atom is 0.374 e. The number of furan rings is 1. The van der Waals surface area contributed by atoms with Gasteiger partial charge in [-0.15, -0.1) is 0 Å². The van der Waals surface area contributed by atoms with Crippen LogP contribution in [0.3, 0.4) is 0 Å². The Labute approximate surface area is 125 Å². The first-order chi connectivity index (χ1) is 9.54. The minimum absolute atomic E-state index is 0.110. The van der Waals surface area contributed by atoms with Crippen LogP contribution in [0.15, 0.2) is 21.6 Å². The van der Waals surface area contributed by atoms with Gasteiger partial charge in [-0.1, -0.05) is 0 Å². The topological polar surface area (TPSA) is 76.8 Å². The SMILES string of the molecule is CN(C)S(=O)(=O)c1ccc(C(=O)OCCC[N+](C)(C)C)o1. The molecule has 0 aromatic carbocycles. The van der Waals surface area contributed by atoms with Crippen molar-refractivity contribution < 1.29 is 26.8 Å². The summed E-state index contributed by atoms with van der Waals surface area (Å²) in [5, 5.41) is -0.272. The molecular weight excluding hydrogens is 296 g/mol. The fourth-order valence-corrected chi connectivity index (χ4v) is 2.32. The van der Waals surface area contributed by atoms with Gasteiger partial charge in [0.25, 0.3) is 10.0 Å². The van der Waals surface area contributed by atoms with Crippen LogP contribution < -0.4 is 0 Å². The van der Waals surface area contributed by atoms with Crippen molar-refractivity contribution in [3.63, 3.8) is 0 Å². The molecule has 0 aliphatic rings. The molecule has 0 aliphatic heterocycles. The fourth-order valence-electron chi connectivity index (χ4n) is 1.52. The summed E-state index contributed by atoms with van der Waals surface area (Å²) in [6, 6.07) is 2.55. The van der Waals surface area contributed by atoms with E-state index in [1.54, 1.807) is 0 Å². The lowest BCUT2D eigenvalue weighted by Crippen LogP contribution is -2.35. The average molecular weight is 319 g/mol. The molecular formula is C13H23N2O5S+. The number of ether oxygens (including phenoxy) is 1. The summed E-state index contributed by atoms with van der Waals surface area (Å²) in [6.07, 6.45) is 0.721. The highest BCUT2D eigenvalue weighted by atomic mass is 32.2. The Morgan fingerprint density at radius 2 is 1.90 bits per heavy atom. The fraction of sp³-hybridized carbons (Fsp3) is 0.615. The normalized spacial score (nSPS) is 12.7. The Balaban J connectivity index is 2.59. The van der Waals surface area contributed by atoms with Gasteiger partial charge in [-0.2, -0.15) is 0 Å². The highest BCUT2D eigenvalue weighted by molar-refractivity contribution is 7.88. The van der Waals surface area contributed by atoms with Crippen molar-refractivity contribution in [1.29, 1.82) is 0 Å². The minimum Gasteiger partial charge on any atom is -0.460 e. The molecule has 0 N–H and O–H groups in total. The number of quaternary nitrogens is 1. The zero-order valence-electron chi connectivity index (χ0n) is 13.1. The van der Waals surface area contributed by atoms with Gasteiger partial charge in [-0.3, -0.25) is 0 Å². The van der Waals surface area contributed by atoms with Gasteiger partial charge in [0.2, 0.25) is 10.9 Å². The van der Waals surface area contributed by atoms with Crippen LogP contribution >= 0.6 is 0 Å². The van der Waals surface area contributed by atoms with E-state index in [2.05, 4.69) is 0 Å². The lowest BCUT2D eigenvalue weighted by Gasteiger charge is -2.23. The number of hydrogen-bond donors (Lipinski definition) is 0. The van der Waals surface area contributed by atoms with Crippen molar-refractivity contribution in [1.82, 2.24) is 4.31 Å². The van der Waals surface area contributed by atoms with Crippen molar-refractivity contribution in [2.24, 2.45) is 0 Å². The second kappa shape index (κ2) is 6.59. The maximum absolute atomic E-state index is 11.8. The molecule has 0 radical (unpaired) electrons. The van der Waals surface area contributed by atoms with Crippen LogP contribution in [0, 0.1) is 0 Å². The molecule has 1 aromatic rings. The Morgan fingerprint density at radius 3 is 2.43 bits per heavy atom. The minimum atomic E-state index is -3.68. The van der Waals surface area contributed by atoms with Gasteiger partial charge in [-0.05, 0) is 12.1 Å². The molecule has 0 unspecified atom stereocenters. The van der Waals surface area contributed by atoms with E-state index in [1.165, 1.54) is 26.2 Å². The second-order valence-electron chi connectivity index (χ2n) is 5.91. The summed E-state index contributed by atoms with van der Waals surface area (Å²) < 4.78 is 35.6. The zero-order chi connectivity index (χ0) is 16.3. The molecule has 21 heavy (non-hydrogen) atoms. The van der Waals surface area contributed by atoms with E-state index >= 15 is 0 Å². The van der Waals surface area contributed by atoms with Crippen molar-refractivity contribution in [2.45, 2.75) is 11.5 Å². The molecule has 0 amide bonds. The third-order valence-corrected chi connectivity index (χ3v) is 4.41. The largest absolute Gasteiger partial charge is 0.460 e. The molecule has 0 atom stereocenters. The summed E-state index contributed by atoms with van der Waals surface area (Å²) in [5.41, 5.74) is 0. The van der Waals surface area contributed by atoms with E-state index < -0.39 is 16.0 Å². The quantitative estimate of drug-likeness (QED) is 0.422. The van der Waals surface area contributed by atoms with Crippen LogP contribution in [0.25, 0.3) is 0 Å². The van der Waals surface area contributed by atoms with Crippen LogP contribution in [-0.2, 0) is 14.8 Å². The van der Waals surface area contributed by atoms with E-state index in [-0.39, 0.29) is 17.5 Å². The predicted octanol–water partition coefficient (Wildman–Crippen LogP) is 0.783. The van der Waals surface area contributed by atoms with Crippen molar-refractivity contribution in [3.8, 4) is 0 Å². The first-order valence-corrected chi connectivity index (χ1v) is 7.98. The molecule has 8 heteroatoms. The van der Waals surface area contributed by atoms with Gasteiger partial charge >= 0.3 is 5.97 Å². The summed E-state index contributed by atoms with van der Waals surface area (Å²) >= 11 is 0.